The zero-order chi connectivity index (χ0) is 21.2. The Morgan fingerprint density at radius 3 is 2.38 bits per heavy atom. The topological polar surface area (TPSA) is 95.5 Å². The van der Waals surface area contributed by atoms with Crippen LogP contribution in [0, 0.1) is 0 Å². The van der Waals surface area contributed by atoms with Gasteiger partial charge in [-0.15, -0.1) is 0 Å². The predicted molar refractivity (Wildman–Crippen MR) is 100 cm³/mol. The maximum absolute atomic E-state index is 13.7. The normalized spacial score (nSPS) is 16.0. The molecule has 3 rings (SSSR count). The summed E-state index contributed by atoms with van der Waals surface area (Å²) in [5.74, 6) is -1.29. The summed E-state index contributed by atoms with van der Waals surface area (Å²) in [6.07, 6.45) is -3.98. The minimum atomic E-state index is -4.94. The first-order chi connectivity index (χ1) is 13.6. The minimum absolute atomic E-state index is 0.0314. The number of alkyl halides is 3. The molecule has 0 bridgehead atoms. The van der Waals surface area contributed by atoms with Crippen molar-refractivity contribution in [3.8, 4) is 11.1 Å². The fraction of sp³-hybridized carbons (Fsp3) is 0.316. The van der Waals surface area contributed by atoms with Crippen LogP contribution in [0.15, 0.2) is 47.4 Å². The van der Waals surface area contributed by atoms with Gasteiger partial charge in [0.25, 0.3) is 0 Å². The number of carboxylic acid groups (broad SMARTS) is 1. The molecule has 10 heteroatoms. The van der Waals surface area contributed by atoms with Crippen molar-refractivity contribution >= 4 is 16.0 Å². The number of hydrogen-bond acceptors (Lipinski definition) is 4. The maximum Gasteiger partial charge on any atom is 0.417 e. The molecule has 2 aromatic rings. The molecule has 1 aliphatic heterocycles. The van der Waals surface area contributed by atoms with Crippen molar-refractivity contribution in [3.63, 3.8) is 0 Å². The average Bonchev–Trinajstić information content (AvgIpc) is 2.67. The molecule has 0 radical (unpaired) electrons. The van der Waals surface area contributed by atoms with Gasteiger partial charge in [0.2, 0.25) is 10.0 Å². The van der Waals surface area contributed by atoms with E-state index in [1.165, 1.54) is 30.3 Å². The summed E-state index contributed by atoms with van der Waals surface area (Å²) in [6.45, 7) is 1.15. The summed E-state index contributed by atoms with van der Waals surface area (Å²) >= 11 is 0. The van der Waals surface area contributed by atoms with E-state index in [9.17, 15) is 31.5 Å². The summed E-state index contributed by atoms with van der Waals surface area (Å²) in [5, 5.41) is 12.3. The van der Waals surface area contributed by atoms with E-state index in [1.807, 2.05) is 0 Å². The number of nitrogens with one attached hydrogen (secondary N) is 2. The van der Waals surface area contributed by atoms with Crippen LogP contribution in [0.3, 0.4) is 0 Å². The van der Waals surface area contributed by atoms with Gasteiger partial charge < -0.3 is 10.4 Å². The van der Waals surface area contributed by atoms with Crippen LogP contribution in [0.2, 0.25) is 0 Å². The molecule has 0 aromatic heterocycles. The van der Waals surface area contributed by atoms with E-state index < -0.39 is 38.7 Å². The van der Waals surface area contributed by atoms with Crippen molar-refractivity contribution in [2.24, 2.45) is 0 Å². The Kier molecular flexibility index (Phi) is 5.97. The second-order valence-electron chi connectivity index (χ2n) is 6.70. The number of sulfonamides is 1. The van der Waals surface area contributed by atoms with Crippen molar-refractivity contribution < 1.29 is 31.5 Å². The Morgan fingerprint density at radius 1 is 1.10 bits per heavy atom. The van der Waals surface area contributed by atoms with Gasteiger partial charge >= 0.3 is 12.1 Å². The van der Waals surface area contributed by atoms with Gasteiger partial charge in [-0.1, -0.05) is 24.3 Å². The highest BCUT2D eigenvalue weighted by atomic mass is 32.2. The van der Waals surface area contributed by atoms with Crippen LogP contribution in [0.1, 0.15) is 28.8 Å². The summed E-state index contributed by atoms with van der Waals surface area (Å²) in [7, 11) is -4.41. The van der Waals surface area contributed by atoms with Crippen LogP contribution in [-0.2, 0) is 16.2 Å². The highest BCUT2D eigenvalue weighted by Gasteiger charge is 2.38. The van der Waals surface area contributed by atoms with Crippen molar-refractivity contribution in [3.05, 3.63) is 53.6 Å². The molecule has 0 aliphatic carbocycles. The molecule has 1 aliphatic rings. The fourth-order valence-electron chi connectivity index (χ4n) is 3.30. The Morgan fingerprint density at radius 2 is 1.76 bits per heavy atom. The fourth-order valence-corrected chi connectivity index (χ4v) is 4.81. The lowest BCUT2D eigenvalue weighted by Gasteiger charge is -2.24. The smallest absolute Gasteiger partial charge is 0.417 e. The third-order valence-electron chi connectivity index (χ3n) is 4.70. The summed E-state index contributed by atoms with van der Waals surface area (Å²) in [6, 6.07) is 7.90. The number of piperidine rings is 1. The molecule has 0 spiro atoms. The van der Waals surface area contributed by atoms with E-state index >= 15 is 0 Å². The van der Waals surface area contributed by atoms with Crippen LogP contribution in [0.5, 0.6) is 0 Å². The number of carboxylic acids is 1. The van der Waals surface area contributed by atoms with E-state index in [2.05, 4.69) is 10.0 Å². The Bertz CT molecular complexity index is 1020. The van der Waals surface area contributed by atoms with Crippen LogP contribution in [-0.4, -0.2) is 38.6 Å². The summed E-state index contributed by atoms with van der Waals surface area (Å²) in [5.41, 5.74) is -1.47. The number of rotatable bonds is 5. The number of halogens is 3. The molecule has 29 heavy (non-hydrogen) atoms. The third-order valence-corrected chi connectivity index (χ3v) is 6.28. The molecule has 2 aromatic carbocycles. The Labute approximate surface area is 165 Å². The van der Waals surface area contributed by atoms with Gasteiger partial charge in [-0.2, -0.15) is 13.2 Å². The number of hydrogen-bond donors (Lipinski definition) is 3. The molecule has 1 heterocycles. The molecule has 0 saturated carbocycles. The second kappa shape index (κ2) is 8.13. The highest BCUT2D eigenvalue weighted by molar-refractivity contribution is 7.89. The van der Waals surface area contributed by atoms with Gasteiger partial charge in [-0.25, -0.2) is 17.9 Å². The maximum atomic E-state index is 13.7. The molecule has 1 fully saturated rings. The van der Waals surface area contributed by atoms with Crippen molar-refractivity contribution in [1.82, 2.24) is 10.0 Å². The lowest BCUT2D eigenvalue weighted by molar-refractivity contribution is -0.139. The lowest BCUT2D eigenvalue weighted by Crippen LogP contribution is -2.43. The molecule has 1 saturated heterocycles. The Balaban J connectivity index is 2.07. The second-order valence-corrected chi connectivity index (χ2v) is 8.39. The van der Waals surface area contributed by atoms with Crippen LogP contribution < -0.4 is 10.0 Å². The predicted octanol–water partition coefficient (Wildman–Crippen LogP) is 3.10. The van der Waals surface area contributed by atoms with E-state index in [-0.39, 0.29) is 16.7 Å². The summed E-state index contributed by atoms with van der Waals surface area (Å²) in [4.78, 5) is 10.5. The van der Waals surface area contributed by atoms with Crippen molar-refractivity contribution in [2.75, 3.05) is 13.1 Å². The first kappa shape index (κ1) is 21.3. The van der Waals surface area contributed by atoms with Gasteiger partial charge in [0.05, 0.1) is 16.0 Å². The number of benzene rings is 2. The van der Waals surface area contributed by atoms with E-state index in [0.717, 1.165) is 6.07 Å². The number of aromatic carboxylic acids is 1. The van der Waals surface area contributed by atoms with Gasteiger partial charge in [0.15, 0.2) is 0 Å². The molecule has 0 atom stereocenters. The highest BCUT2D eigenvalue weighted by Crippen LogP contribution is 2.37. The van der Waals surface area contributed by atoms with Crippen LogP contribution in [0.25, 0.3) is 11.1 Å². The van der Waals surface area contributed by atoms with Gasteiger partial charge in [-0.3, -0.25) is 0 Å². The molecule has 6 nitrogen and oxygen atoms in total. The van der Waals surface area contributed by atoms with E-state index in [0.29, 0.717) is 32.0 Å². The van der Waals surface area contributed by atoms with Crippen LogP contribution >= 0.6 is 0 Å². The van der Waals surface area contributed by atoms with Gasteiger partial charge in [0.1, 0.15) is 0 Å². The molecule has 3 N–H and O–H groups in total. The quantitative estimate of drug-likeness (QED) is 0.680. The monoisotopic (exact) mass is 428 g/mol. The average molecular weight is 428 g/mol. The van der Waals surface area contributed by atoms with Gasteiger partial charge in [0, 0.05) is 6.04 Å². The molecule has 156 valence electrons. The van der Waals surface area contributed by atoms with Crippen molar-refractivity contribution in [1.29, 1.82) is 0 Å². The SMILES string of the molecule is O=C(O)c1ccccc1-c1ccc(S(=O)(=O)NC2CCNCC2)c(C(F)(F)F)c1. The molecular formula is C19H19F3N2O4S. The molecular weight excluding hydrogens is 409 g/mol. The zero-order valence-electron chi connectivity index (χ0n) is 15.2. The first-order valence-corrected chi connectivity index (χ1v) is 10.3. The standard InChI is InChI=1S/C19H19F3N2O4S/c20-19(21,22)16-11-12(14-3-1-2-4-15(14)18(25)26)5-6-17(16)29(27,28)24-13-7-9-23-10-8-13/h1-6,11,13,23-24H,7-10H2,(H,25,26). The molecule has 0 unspecified atom stereocenters. The van der Waals surface area contributed by atoms with E-state index in [4.69, 9.17) is 0 Å². The number of carbonyl (C=O) groups is 1. The van der Waals surface area contributed by atoms with Crippen LogP contribution in [0.4, 0.5) is 13.2 Å². The first-order valence-electron chi connectivity index (χ1n) is 8.86. The van der Waals surface area contributed by atoms with E-state index in [1.54, 1.807) is 0 Å². The zero-order valence-corrected chi connectivity index (χ0v) is 16.0. The largest absolute Gasteiger partial charge is 0.478 e. The third kappa shape index (κ3) is 4.77. The van der Waals surface area contributed by atoms with Gasteiger partial charge in [-0.05, 0) is 55.3 Å². The Hall–Kier alpha value is -2.43. The summed E-state index contributed by atoms with van der Waals surface area (Å²) < 4.78 is 68.8. The minimum Gasteiger partial charge on any atom is -0.478 e. The lowest BCUT2D eigenvalue weighted by atomic mass is 9.98. The molecule has 0 amide bonds. The van der Waals surface area contributed by atoms with Crippen molar-refractivity contribution in [2.45, 2.75) is 30.0 Å².